The highest BCUT2D eigenvalue weighted by Gasteiger charge is 2.14. The van der Waals surface area contributed by atoms with Gasteiger partial charge >= 0.3 is 0 Å². The molecular weight excluding hydrogens is 162 g/mol. The maximum Gasteiger partial charge on any atom is 0.176 e. The fourth-order valence-corrected chi connectivity index (χ4v) is 1.69. The van der Waals surface area contributed by atoms with Gasteiger partial charge in [0.25, 0.3) is 0 Å². The molecule has 68 valence electrons. The third kappa shape index (κ3) is 1.63. The molecule has 0 aliphatic carbocycles. The number of carbonyl (C=O) groups is 1. The molecule has 0 saturated heterocycles. The second-order valence-electron chi connectivity index (χ2n) is 3.51. The first-order valence-electron chi connectivity index (χ1n) is 4.61. The Bertz CT molecular complexity index is 344. The zero-order valence-electron chi connectivity index (χ0n) is 7.76. The van der Waals surface area contributed by atoms with Crippen LogP contribution in [0.4, 0.5) is 0 Å². The lowest BCUT2D eigenvalue weighted by Crippen LogP contribution is -2.21. The van der Waals surface area contributed by atoms with Crippen molar-refractivity contribution in [1.29, 1.82) is 0 Å². The third-order valence-electron chi connectivity index (χ3n) is 2.42. The van der Waals surface area contributed by atoms with E-state index < -0.39 is 0 Å². The third-order valence-corrected chi connectivity index (χ3v) is 2.42. The molecule has 1 aromatic rings. The summed E-state index contributed by atoms with van der Waals surface area (Å²) in [7, 11) is 0. The molecule has 0 atom stereocenters. The second-order valence-corrected chi connectivity index (χ2v) is 3.51. The van der Waals surface area contributed by atoms with Gasteiger partial charge in [-0.1, -0.05) is 17.7 Å². The van der Waals surface area contributed by atoms with Gasteiger partial charge in [0.15, 0.2) is 5.78 Å². The Morgan fingerprint density at radius 2 is 2.23 bits per heavy atom. The maximum absolute atomic E-state index is 11.6. The summed E-state index contributed by atoms with van der Waals surface area (Å²) >= 11 is 0. The Hall–Kier alpha value is -1.15. The van der Waals surface area contributed by atoms with E-state index in [0.717, 1.165) is 24.1 Å². The summed E-state index contributed by atoms with van der Waals surface area (Å²) in [5.41, 5.74) is 3.25. The Labute approximate surface area is 78.0 Å². The molecule has 0 bridgehead atoms. The van der Waals surface area contributed by atoms with Crippen LogP contribution in [0.2, 0.25) is 0 Å². The zero-order valence-corrected chi connectivity index (χ0v) is 7.76. The van der Waals surface area contributed by atoms with Gasteiger partial charge in [-0.2, -0.15) is 0 Å². The van der Waals surface area contributed by atoms with Crippen LogP contribution >= 0.6 is 0 Å². The molecule has 2 nitrogen and oxygen atoms in total. The average Bonchev–Trinajstić information content (AvgIpc) is 2.29. The van der Waals surface area contributed by atoms with Crippen molar-refractivity contribution < 1.29 is 4.79 Å². The minimum Gasteiger partial charge on any atom is -0.309 e. The van der Waals surface area contributed by atoms with E-state index in [9.17, 15) is 4.79 Å². The molecular formula is C11H13NO. The van der Waals surface area contributed by atoms with Crippen LogP contribution in [0.15, 0.2) is 18.2 Å². The van der Waals surface area contributed by atoms with E-state index in [1.54, 1.807) is 0 Å². The number of benzene rings is 1. The molecule has 1 N–H and O–H groups in total. The fraction of sp³-hybridized carbons (Fsp3) is 0.364. The van der Waals surface area contributed by atoms with E-state index in [-0.39, 0.29) is 5.78 Å². The zero-order chi connectivity index (χ0) is 9.26. The molecule has 0 radical (unpaired) electrons. The second kappa shape index (κ2) is 3.30. The molecule has 0 fully saturated rings. The first-order chi connectivity index (χ1) is 6.27. The molecule has 0 saturated carbocycles. The lowest BCUT2D eigenvalue weighted by molar-refractivity contribution is 0.0994. The van der Waals surface area contributed by atoms with Crippen molar-refractivity contribution in [2.75, 3.05) is 13.1 Å². The van der Waals surface area contributed by atoms with Crippen molar-refractivity contribution >= 4 is 5.78 Å². The lowest BCUT2D eigenvalue weighted by Gasteiger charge is -2.04. The molecule has 13 heavy (non-hydrogen) atoms. The van der Waals surface area contributed by atoms with Gasteiger partial charge in [0.05, 0.1) is 6.54 Å². The van der Waals surface area contributed by atoms with Crippen LogP contribution in [0.5, 0.6) is 0 Å². The van der Waals surface area contributed by atoms with Crippen LogP contribution < -0.4 is 5.32 Å². The number of carbonyl (C=O) groups excluding carboxylic acids is 1. The molecule has 1 aliphatic rings. The number of nitrogens with one attached hydrogen (secondary N) is 1. The van der Waals surface area contributed by atoms with Crippen LogP contribution in [0, 0.1) is 6.92 Å². The molecule has 0 unspecified atom stereocenters. The summed E-state index contributed by atoms with van der Waals surface area (Å²) in [6, 6.07) is 6.12. The van der Waals surface area contributed by atoms with Gasteiger partial charge < -0.3 is 5.32 Å². The van der Waals surface area contributed by atoms with E-state index >= 15 is 0 Å². The van der Waals surface area contributed by atoms with Crippen molar-refractivity contribution in [2.24, 2.45) is 0 Å². The SMILES string of the molecule is Cc1ccc2c(c1)C(=O)CNCC2. The summed E-state index contributed by atoms with van der Waals surface area (Å²) in [5.74, 6) is 0.219. The molecule has 2 heteroatoms. The highest BCUT2D eigenvalue weighted by Crippen LogP contribution is 2.14. The Morgan fingerprint density at radius 3 is 3.08 bits per heavy atom. The van der Waals surface area contributed by atoms with Gasteiger partial charge in [0.2, 0.25) is 0 Å². The van der Waals surface area contributed by atoms with Gasteiger partial charge in [0.1, 0.15) is 0 Å². The van der Waals surface area contributed by atoms with E-state index in [1.807, 2.05) is 13.0 Å². The topological polar surface area (TPSA) is 29.1 Å². The van der Waals surface area contributed by atoms with Crippen molar-refractivity contribution in [3.8, 4) is 0 Å². The number of hydrogen-bond donors (Lipinski definition) is 1. The van der Waals surface area contributed by atoms with Gasteiger partial charge in [-0.05, 0) is 31.5 Å². The van der Waals surface area contributed by atoms with Crippen molar-refractivity contribution in [3.05, 3.63) is 34.9 Å². The van der Waals surface area contributed by atoms with Gasteiger partial charge in [-0.15, -0.1) is 0 Å². The standard InChI is InChI=1S/C11H13NO/c1-8-2-3-9-4-5-12-7-11(13)10(9)6-8/h2-3,6,12H,4-5,7H2,1H3. The molecule has 0 amide bonds. The fourth-order valence-electron chi connectivity index (χ4n) is 1.69. The van der Waals surface area contributed by atoms with E-state index in [0.29, 0.717) is 6.54 Å². The molecule has 2 rings (SSSR count). The van der Waals surface area contributed by atoms with Gasteiger partial charge in [-0.3, -0.25) is 4.79 Å². The monoisotopic (exact) mass is 175 g/mol. The summed E-state index contributed by atoms with van der Waals surface area (Å²) in [6.07, 6.45) is 0.960. The van der Waals surface area contributed by atoms with Crippen molar-refractivity contribution in [3.63, 3.8) is 0 Å². The van der Waals surface area contributed by atoms with Crippen molar-refractivity contribution in [2.45, 2.75) is 13.3 Å². The Balaban J connectivity index is 2.49. The Kier molecular flexibility index (Phi) is 2.15. The number of Topliss-reactive ketones (excluding diaryl/α,β-unsaturated/α-hetero) is 1. The van der Waals surface area contributed by atoms with Gasteiger partial charge in [0, 0.05) is 5.56 Å². The Morgan fingerprint density at radius 1 is 1.38 bits per heavy atom. The molecule has 0 aromatic heterocycles. The first kappa shape index (κ1) is 8.45. The van der Waals surface area contributed by atoms with E-state index in [1.165, 1.54) is 5.56 Å². The minimum absolute atomic E-state index is 0.219. The highest BCUT2D eigenvalue weighted by molar-refractivity contribution is 5.99. The highest BCUT2D eigenvalue weighted by atomic mass is 16.1. The smallest absolute Gasteiger partial charge is 0.176 e. The molecule has 0 spiro atoms. The quantitative estimate of drug-likeness (QED) is 0.644. The number of hydrogen-bond acceptors (Lipinski definition) is 2. The molecule has 1 aliphatic heterocycles. The number of rotatable bonds is 0. The summed E-state index contributed by atoms with van der Waals surface area (Å²) < 4.78 is 0. The predicted octanol–water partition coefficient (Wildman–Crippen LogP) is 1.32. The first-order valence-corrected chi connectivity index (χ1v) is 4.61. The molecule has 1 aromatic carbocycles. The number of fused-ring (bicyclic) bond motifs is 1. The summed E-state index contributed by atoms with van der Waals surface area (Å²) in [6.45, 7) is 3.41. The van der Waals surface area contributed by atoms with Crippen molar-refractivity contribution in [1.82, 2.24) is 5.32 Å². The number of ketones is 1. The van der Waals surface area contributed by atoms with E-state index in [4.69, 9.17) is 0 Å². The van der Waals surface area contributed by atoms with E-state index in [2.05, 4.69) is 17.4 Å². The lowest BCUT2D eigenvalue weighted by atomic mass is 10.00. The molecule has 1 heterocycles. The largest absolute Gasteiger partial charge is 0.309 e. The maximum atomic E-state index is 11.6. The van der Waals surface area contributed by atoms with Crippen LogP contribution in [-0.2, 0) is 6.42 Å². The average molecular weight is 175 g/mol. The van der Waals surface area contributed by atoms with Crippen LogP contribution in [0.1, 0.15) is 21.5 Å². The predicted molar refractivity (Wildman–Crippen MR) is 52.1 cm³/mol. The van der Waals surface area contributed by atoms with Crippen LogP contribution in [-0.4, -0.2) is 18.9 Å². The van der Waals surface area contributed by atoms with Crippen LogP contribution in [0.3, 0.4) is 0 Å². The van der Waals surface area contributed by atoms with Crippen LogP contribution in [0.25, 0.3) is 0 Å². The summed E-state index contributed by atoms with van der Waals surface area (Å²) in [4.78, 5) is 11.6. The minimum atomic E-state index is 0.219. The van der Waals surface area contributed by atoms with Gasteiger partial charge in [-0.25, -0.2) is 0 Å². The normalized spacial score (nSPS) is 16.5. The number of aryl methyl sites for hydroxylation is 1. The summed E-state index contributed by atoms with van der Waals surface area (Å²) in [5, 5.41) is 3.11.